The van der Waals surface area contributed by atoms with E-state index in [0.29, 0.717) is 6.04 Å². The van der Waals surface area contributed by atoms with Gasteiger partial charge < -0.3 is 14.9 Å². The molecule has 1 aromatic rings. The van der Waals surface area contributed by atoms with E-state index in [9.17, 15) is 9.90 Å². The Bertz CT molecular complexity index is 490. The number of amides is 1. The first kappa shape index (κ1) is 14.5. The predicted molar refractivity (Wildman–Crippen MR) is 76.4 cm³/mol. The van der Waals surface area contributed by atoms with Crippen molar-refractivity contribution in [3.8, 4) is 0 Å². The lowest BCUT2D eigenvalue weighted by atomic mass is 9.90. The van der Waals surface area contributed by atoms with Crippen LogP contribution in [0.3, 0.4) is 0 Å². The third kappa shape index (κ3) is 3.83. The molecule has 6 heteroatoms. The van der Waals surface area contributed by atoms with Gasteiger partial charge in [-0.25, -0.2) is 0 Å². The number of hydrogen-bond acceptors (Lipinski definition) is 5. The highest BCUT2D eigenvalue weighted by molar-refractivity contribution is 5.81. The van der Waals surface area contributed by atoms with E-state index in [-0.39, 0.29) is 11.8 Å². The fourth-order valence-corrected chi connectivity index (χ4v) is 2.88. The van der Waals surface area contributed by atoms with Crippen LogP contribution in [0, 0.1) is 12.8 Å². The first-order valence-electron chi connectivity index (χ1n) is 7.75. The summed E-state index contributed by atoms with van der Waals surface area (Å²) in [6.07, 6.45) is 2.93. The van der Waals surface area contributed by atoms with Gasteiger partial charge in [-0.2, -0.15) is 0 Å². The van der Waals surface area contributed by atoms with E-state index >= 15 is 0 Å². The number of piperidine rings is 1. The third-order valence-corrected chi connectivity index (χ3v) is 4.33. The number of nitrogens with zero attached hydrogens (tertiary/aromatic N) is 2. The number of aromatic nitrogens is 1. The van der Waals surface area contributed by atoms with Gasteiger partial charge >= 0.3 is 0 Å². The van der Waals surface area contributed by atoms with Crippen molar-refractivity contribution in [3.63, 3.8) is 0 Å². The minimum Gasteiger partial charge on any atom is -0.383 e. The summed E-state index contributed by atoms with van der Waals surface area (Å²) in [6, 6.07) is 2.26. The number of carbonyl (C=O) groups is 1. The molecular weight excluding hydrogens is 270 g/mol. The molecule has 3 rings (SSSR count). The quantitative estimate of drug-likeness (QED) is 0.841. The molecule has 21 heavy (non-hydrogen) atoms. The van der Waals surface area contributed by atoms with E-state index in [1.54, 1.807) is 0 Å². The molecule has 2 N–H and O–H groups in total. The monoisotopic (exact) mass is 293 g/mol. The lowest BCUT2D eigenvalue weighted by molar-refractivity contribution is -0.133. The summed E-state index contributed by atoms with van der Waals surface area (Å²) in [7, 11) is 0. The number of likely N-dealkylation sites (tertiary alicyclic amines) is 1. The van der Waals surface area contributed by atoms with Gasteiger partial charge in [0.15, 0.2) is 0 Å². The fraction of sp³-hybridized carbons (Fsp3) is 0.733. The molecule has 1 aliphatic heterocycles. The van der Waals surface area contributed by atoms with Crippen LogP contribution in [0.25, 0.3) is 0 Å². The molecule has 0 spiro atoms. The molecule has 0 aromatic carbocycles. The van der Waals surface area contributed by atoms with Crippen molar-refractivity contribution in [2.45, 2.75) is 51.3 Å². The summed E-state index contributed by atoms with van der Waals surface area (Å²) in [5, 5.41) is 17.0. The van der Waals surface area contributed by atoms with Gasteiger partial charge in [-0.05, 0) is 51.6 Å². The number of aryl methyl sites for hydroxylation is 1. The van der Waals surface area contributed by atoms with Gasteiger partial charge in [0.2, 0.25) is 5.91 Å². The maximum atomic E-state index is 11.9. The molecule has 1 saturated heterocycles. The number of aliphatic hydroxyl groups is 1. The fourth-order valence-electron chi connectivity index (χ4n) is 2.88. The zero-order valence-corrected chi connectivity index (χ0v) is 12.4. The standard InChI is InChI=1S/C15H23N3O3/c1-10-8-13(17-21-10)9-18-6-4-11(5-7-18)14(19)15(20)16-12-2-3-12/h8,11-12,14,19H,2-7,9H2,1H3,(H,16,20)/t14-/m0/s1. The lowest BCUT2D eigenvalue weighted by Crippen LogP contribution is -2.44. The Morgan fingerprint density at radius 1 is 1.48 bits per heavy atom. The molecule has 2 aliphatic rings. The smallest absolute Gasteiger partial charge is 0.249 e. The molecule has 1 atom stereocenters. The highest BCUT2D eigenvalue weighted by Gasteiger charge is 2.33. The Morgan fingerprint density at radius 3 is 2.76 bits per heavy atom. The van der Waals surface area contributed by atoms with Crippen LogP contribution in [-0.4, -0.2) is 46.3 Å². The number of nitrogens with one attached hydrogen (secondary N) is 1. The van der Waals surface area contributed by atoms with Gasteiger partial charge in [0.05, 0.1) is 5.69 Å². The molecule has 1 amide bonds. The zero-order valence-electron chi connectivity index (χ0n) is 12.4. The van der Waals surface area contributed by atoms with Crippen LogP contribution >= 0.6 is 0 Å². The molecule has 1 aliphatic carbocycles. The first-order chi connectivity index (χ1) is 10.1. The van der Waals surface area contributed by atoms with E-state index < -0.39 is 6.10 Å². The maximum Gasteiger partial charge on any atom is 0.249 e. The van der Waals surface area contributed by atoms with Crippen LogP contribution in [0.4, 0.5) is 0 Å². The van der Waals surface area contributed by atoms with Crippen molar-refractivity contribution < 1.29 is 14.4 Å². The highest BCUT2D eigenvalue weighted by atomic mass is 16.5. The van der Waals surface area contributed by atoms with Gasteiger partial charge in [-0.1, -0.05) is 5.16 Å². The largest absolute Gasteiger partial charge is 0.383 e. The average Bonchev–Trinajstić information content (AvgIpc) is 3.20. The third-order valence-electron chi connectivity index (χ3n) is 4.33. The molecule has 0 bridgehead atoms. The minimum atomic E-state index is -0.859. The van der Waals surface area contributed by atoms with Gasteiger partial charge in [-0.15, -0.1) is 0 Å². The molecule has 6 nitrogen and oxygen atoms in total. The summed E-state index contributed by atoms with van der Waals surface area (Å²) >= 11 is 0. The molecule has 0 unspecified atom stereocenters. The van der Waals surface area contributed by atoms with Crippen molar-refractivity contribution in [3.05, 3.63) is 17.5 Å². The van der Waals surface area contributed by atoms with E-state index in [1.807, 2.05) is 13.0 Å². The van der Waals surface area contributed by atoms with E-state index in [0.717, 1.165) is 56.8 Å². The van der Waals surface area contributed by atoms with Gasteiger partial charge in [-0.3, -0.25) is 9.69 Å². The van der Waals surface area contributed by atoms with Crippen LogP contribution in [0.2, 0.25) is 0 Å². The van der Waals surface area contributed by atoms with Crippen molar-refractivity contribution >= 4 is 5.91 Å². The number of rotatable bonds is 5. The van der Waals surface area contributed by atoms with Crippen LogP contribution in [0.1, 0.15) is 37.1 Å². The second-order valence-corrected chi connectivity index (χ2v) is 6.27. The lowest BCUT2D eigenvalue weighted by Gasteiger charge is -2.33. The number of hydrogen-bond donors (Lipinski definition) is 2. The van der Waals surface area contributed by atoms with Gasteiger partial charge in [0.1, 0.15) is 11.9 Å². The van der Waals surface area contributed by atoms with Crippen LogP contribution < -0.4 is 5.32 Å². The zero-order chi connectivity index (χ0) is 14.8. The molecule has 116 valence electrons. The van der Waals surface area contributed by atoms with Gasteiger partial charge in [0.25, 0.3) is 0 Å². The molecule has 2 fully saturated rings. The Hall–Kier alpha value is -1.40. The van der Waals surface area contributed by atoms with E-state index in [2.05, 4.69) is 15.4 Å². The summed E-state index contributed by atoms with van der Waals surface area (Å²) < 4.78 is 5.07. The van der Waals surface area contributed by atoms with Crippen LogP contribution in [0.5, 0.6) is 0 Å². The maximum absolute atomic E-state index is 11.9. The molecule has 2 heterocycles. The van der Waals surface area contributed by atoms with Crippen molar-refractivity contribution in [1.29, 1.82) is 0 Å². The summed E-state index contributed by atoms with van der Waals surface area (Å²) in [4.78, 5) is 14.2. The molecule has 1 saturated carbocycles. The molecule has 0 radical (unpaired) electrons. The van der Waals surface area contributed by atoms with E-state index in [4.69, 9.17) is 4.52 Å². The number of carbonyl (C=O) groups excluding carboxylic acids is 1. The Morgan fingerprint density at radius 2 is 2.19 bits per heavy atom. The Labute approximate surface area is 124 Å². The van der Waals surface area contributed by atoms with Crippen LogP contribution in [-0.2, 0) is 11.3 Å². The predicted octanol–water partition coefficient (Wildman–Crippen LogP) is 0.835. The van der Waals surface area contributed by atoms with Crippen molar-refractivity contribution in [1.82, 2.24) is 15.4 Å². The second kappa shape index (κ2) is 6.15. The topological polar surface area (TPSA) is 78.6 Å². The highest BCUT2D eigenvalue weighted by Crippen LogP contribution is 2.24. The van der Waals surface area contributed by atoms with Gasteiger partial charge in [0, 0.05) is 18.7 Å². The summed E-state index contributed by atoms with van der Waals surface area (Å²) in [5.41, 5.74) is 0.943. The average molecular weight is 293 g/mol. The molecular formula is C15H23N3O3. The first-order valence-corrected chi connectivity index (χ1v) is 7.75. The van der Waals surface area contributed by atoms with Crippen molar-refractivity contribution in [2.75, 3.05) is 13.1 Å². The van der Waals surface area contributed by atoms with E-state index in [1.165, 1.54) is 0 Å². The minimum absolute atomic E-state index is 0.0686. The second-order valence-electron chi connectivity index (χ2n) is 6.27. The Balaban J connectivity index is 1.44. The van der Waals surface area contributed by atoms with Crippen LogP contribution in [0.15, 0.2) is 10.6 Å². The normalized spacial score (nSPS) is 22.2. The Kier molecular flexibility index (Phi) is 4.26. The molecule has 1 aromatic heterocycles. The summed E-state index contributed by atoms with van der Waals surface area (Å²) in [6.45, 7) is 4.42. The SMILES string of the molecule is Cc1cc(CN2CCC([C@H](O)C(=O)NC3CC3)CC2)no1. The van der Waals surface area contributed by atoms with Crippen molar-refractivity contribution in [2.24, 2.45) is 5.92 Å². The number of aliphatic hydroxyl groups excluding tert-OH is 1. The summed E-state index contributed by atoms with van der Waals surface area (Å²) in [5.74, 6) is 0.703.